The van der Waals surface area contributed by atoms with Gasteiger partial charge < -0.3 is 10.0 Å². The third-order valence-electron chi connectivity index (χ3n) is 3.58. The lowest BCUT2D eigenvalue weighted by molar-refractivity contribution is 0.0268. The van der Waals surface area contributed by atoms with E-state index in [0.29, 0.717) is 10.6 Å². The van der Waals surface area contributed by atoms with Gasteiger partial charge in [0, 0.05) is 17.6 Å². The van der Waals surface area contributed by atoms with E-state index in [1.165, 1.54) is 0 Å². The van der Waals surface area contributed by atoms with Crippen LogP contribution in [0.3, 0.4) is 0 Å². The summed E-state index contributed by atoms with van der Waals surface area (Å²) in [6.07, 6.45) is 3.33. The fourth-order valence-corrected chi connectivity index (χ4v) is 2.71. The van der Waals surface area contributed by atoms with Crippen LogP contribution in [0.5, 0.6) is 0 Å². The maximum absolute atomic E-state index is 12.3. The Morgan fingerprint density at radius 2 is 2.11 bits per heavy atom. The standard InChI is InChI=1S/C14H18ClNO2/c1-16(12-7-2-3-8-13(12)17)14(18)10-5-4-6-11(15)9-10/h4-6,9,12-13,17H,2-3,7-8H2,1H3/t12-,13+/m0/s1. The highest BCUT2D eigenvalue weighted by molar-refractivity contribution is 6.30. The number of likely N-dealkylation sites (N-methyl/N-ethyl adjacent to an activating group) is 1. The first kappa shape index (κ1) is 13.4. The van der Waals surface area contributed by atoms with E-state index in [-0.39, 0.29) is 11.9 Å². The monoisotopic (exact) mass is 267 g/mol. The minimum atomic E-state index is -0.410. The highest BCUT2D eigenvalue weighted by Gasteiger charge is 2.29. The molecule has 0 bridgehead atoms. The predicted molar refractivity (Wildman–Crippen MR) is 71.8 cm³/mol. The van der Waals surface area contributed by atoms with E-state index < -0.39 is 6.10 Å². The van der Waals surface area contributed by atoms with Gasteiger partial charge in [0.15, 0.2) is 0 Å². The Morgan fingerprint density at radius 3 is 2.78 bits per heavy atom. The molecule has 0 spiro atoms. The summed E-state index contributed by atoms with van der Waals surface area (Å²) in [5, 5.41) is 10.5. The number of hydrogen-bond acceptors (Lipinski definition) is 2. The van der Waals surface area contributed by atoms with Crippen molar-refractivity contribution in [1.82, 2.24) is 4.90 Å². The zero-order chi connectivity index (χ0) is 13.1. The summed E-state index contributed by atoms with van der Waals surface area (Å²) in [6, 6.07) is 6.84. The topological polar surface area (TPSA) is 40.5 Å². The molecule has 1 aliphatic carbocycles. The van der Waals surface area contributed by atoms with Crippen LogP contribution in [-0.2, 0) is 0 Å². The van der Waals surface area contributed by atoms with Gasteiger partial charge in [-0.25, -0.2) is 0 Å². The van der Waals surface area contributed by atoms with Crippen molar-refractivity contribution in [3.05, 3.63) is 34.9 Å². The van der Waals surface area contributed by atoms with Crippen molar-refractivity contribution in [1.29, 1.82) is 0 Å². The fraction of sp³-hybridized carbons (Fsp3) is 0.500. The second-order valence-electron chi connectivity index (χ2n) is 4.85. The van der Waals surface area contributed by atoms with Crippen molar-refractivity contribution < 1.29 is 9.90 Å². The molecule has 1 saturated carbocycles. The quantitative estimate of drug-likeness (QED) is 0.895. The van der Waals surface area contributed by atoms with Crippen molar-refractivity contribution in [3.63, 3.8) is 0 Å². The van der Waals surface area contributed by atoms with Crippen molar-refractivity contribution in [2.45, 2.75) is 37.8 Å². The summed E-state index contributed by atoms with van der Waals surface area (Å²) in [7, 11) is 1.75. The molecule has 1 amide bonds. The van der Waals surface area contributed by atoms with Crippen LogP contribution in [0.2, 0.25) is 5.02 Å². The maximum Gasteiger partial charge on any atom is 0.253 e. The molecule has 0 heterocycles. The van der Waals surface area contributed by atoms with E-state index in [4.69, 9.17) is 11.6 Å². The molecular formula is C14H18ClNO2. The molecular weight excluding hydrogens is 250 g/mol. The zero-order valence-electron chi connectivity index (χ0n) is 10.5. The van der Waals surface area contributed by atoms with Gasteiger partial charge in [0.1, 0.15) is 0 Å². The minimum Gasteiger partial charge on any atom is -0.391 e. The Kier molecular flexibility index (Phi) is 4.25. The highest BCUT2D eigenvalue weighted by atomic mass is 35.5. The minimum absolute atomic E-state index is 0.0785. The van der Waals surface area contributed by atoms with E-state index >= 15 is 0 Å². The number of rotatable bonds is 2. The molecule has 1 aromatic rings. The number of amides is 1. The van der Waals surface area contributed by atoms with Crippen molar-refractivity contribution in [3.8, 4) is 0 Å². The van der Waals surface area contributed by atoms with Crippen LogP contribution in [0.4, 0.5) is 0 Å². The summed E-state index contributed by atoms with van der Waals surface area (Å²) in [6.45, 7) is 0. The van der Waals surface area contributed by atoms with E-state index in [2.05, 4.69) is 0 Å². The average molecular weight is 268 g/mol. The predicted octanol–water partition coefficient (Wildman–Crippen LogP) is 2.72. The van der Waals surface area contributed by atoms with Gasteiger partial charge in [-0.3, -0.25) is 4.79 Å². The number of aliphatic hydroxyl groups is 1. The van der Waals surface area contributed by atoms with Crippen LogP contribution in [-0.4, -0.2) is 35.1 Å². The normalized spacial score (nSPS) is 23.7. The second kappa shape index (κ2) is 5.72. The molecule has 1 fully saturated rings. The largest absolute Gasteiger partial charge is 0.391 e. The number of hydrogen-bond donors (Lipinski definition) is 1. The molecule has 1 aromatic carbocycles. The molecule has 18 heavy (non-hydrogen) atoms. The molecule has 2 atom stereocenters. The van der Waals surface area contributed by atoms with Gasteiger partial charge in [0.2, 0.25) is 0 Å². The Labute approximate surface area is 112 Å². The Morgan fingerprint density at radius 1 is 1.39 bits per heavy atom. The summed E-state index contributed by atoms with van der Waals surface area (Å²) in [4.78, 5) is 13.9. The van der Waals surface area contributed by atoms with E-state index in [1.807, 2.05) is 0 Å². The first-order valence-electron chi connectivity index (χ1n) is 6.30. The molecule has 4 heteroatoms. The molecule has 2 rings (SSSR count). The number of nitrogens with zero attached hydrogens (tertiary/aromatic N) is 1. The van der Waals surface area contributed by atoms with Gasteiger partial charge in [0.25, 0.3) is 5.91 Å². The highest BCUT2D eigenvalue weighted by Crippen LogP contribution is 2.24. The molecule has 0 radical (unpaired) electrons. The van der Waals surface area contributed by atoms with Gasteiger partial charge in [-0.1, -0.05) is 30.5 Å². The third kappa shape index (κ3) is 2.85. The van der Waals surface area contributed by atoms with Crippen molar-refractivity contribution in [2.24, 2.45) is 0 Å². The second-order valence-corrected chi connectivity index (χ2v) is 5.28. The lowest BCUT2D eigenvalue weighted by Crippen LogP contribution is -2.46. The summed E-state index contributed by atoms with van der Waals surface area (Å²) in [5.74, 6) is -0.0801. The Bertz CT molecular complexity index is 436. The van der Waals surface area contributed by atoms with Crippen LogP contribution < -0.4 is 0 Å². The van der Waals surface area contributed by atoms with Crippen LogP contribution in [0.15, 0.2) is 24.3 Å². The fourth-order valence-electron chi connectivity index (χ4n) is 2.52. The van der Waals surface area contributed by atoms with Gasteiger partial charge in [-0.15, -0.1) is 0 Å². The molecule has 0 aromatic heterocycles. The SMILES string of the molecule is CN(C(=O)c1cccc(Cl)c1)[C@H]1CCCC[C@H]1O. The Balaban J connectivity index is 2.13. The smallest absolute Gasteiger partial charge is 0.253 e. The number of carbonyl (C=O) groups excluding carboxylic acids is 1. The summed E-state index contributed by atoms with van der Waals surface area (Å²) >= 11 is 5.89. The van der Waals surface area contributed by atoms with E-state index in [0.717, 1.165) is 25.7 Å². The zero-order valence-corrected chi connectivity index (χ0v) is 11.2. The number of benzene rings is 1. The molecule has 0 aliphatic heterocycles. The Hall–Kier alpha value is -1.06. The number of halogens is 1. The van der Waals surface area contributed by atoms with Crippen LogP contribution in [0.1, 0.15) is 36.0 Å². The summed E-state index contributed by atoms with van der Waals surface area (Å²) in [5.41, 5.74) is 0.572. The van der Waals surface area contributed by atoms with Gasteiger partial charge in [-0.2, -0.15) is 0 Å². The summed E-state index contributed by atoms with van der Waals surface area (Å²) < 4.78 is 0. The van der Waals surface area contributed by atoms with Crippen LogP contribution in [0, 0.1) is 0 Å². The number of aliphatic hydroxyl groups excluding tert-OH is 1. The molecule has 98 valence electrons. The van der Waals surface area contributed by atoms with Crippen LogP contribution >= 0.6 is 11.6 Å². The van der Waals surface area contributed by atoms with Gasteiger partial charge >= 0.3 is 0 Å². The van der Waals surface area contributed by atoms with E-state index in [1.54, 1.807) is 36.2 Å². The molecule has 0 unspecified atom stereocenters. The number of carbonyl (C=O) groups is 1. The van der Waals surface area contributed by atoms with Crippen molar-refractivity contribution in [2.75, 3.05) is 7.05 Å². The van der Waals surface area contributed by atoms with Gasteiger partial charge in [0.05, 0.1) is 12.1 Å². The lowest BCUT2D eigenvalue weighted by atomic mass is 9.91. The third-order valence-corrected chi connectivity index (χ3v) is 3.82. The molecule has 1 aliphatic rings. The maximum atomic E-state index is 12.3. The lowest BCUT2D eigenvalue weighted by Gasteiger charge is -2.35. The first-order valence-corrected chi connectivity index (χ1v) is 6.68. The molecule has 3 nitrogen and oxygen atoms in total. The van der Waals surface area contributed by atoms with Crippen LogP contribution in [0.25, 0.3) is 0 Å². The van der Waals surface area contributed by atoms with E-state index in [9.17, 15) is 9.90 Å². The average Bonchev–Trinajstić information content (AvgIpc) is 2.37. The first-order chi connectivity index (χ1) is 8.59. The van der Waals surface area contributed by atoms with Crippen molar-refractivity contribution >= 4 is 17.5 Å². The molecule has 0 saturated heterocycles. The van der Waals surface area contributed by atoms with Gasteiger partial charge in [-0.05, 0) is 31.0 Å². The molecule has 1 N–H and O–H groups in total.